The van der Waals surface area contributed by atoms with Gasteiger partial charge in [-0.1, -0.05) is 15.9 Å². The van der Waals surface area contributed by atoms with Crippen molar-refractivity contribution < 1.29 is 13.2 Å². The number of benzene rings is 1. The van der Waals surface area contributed by atoms with E-state index in [9.17, 15) is 13.2 Å². The Kier molecular flexibility index (Phi) is 4.86. The van der Waals surface area contributed by atoms with Crippen LogP contribution in [0.25, 0.3) is 4.85 Å². The van der Waals surface area contributed by atoms with Gasteiger partial charge in [0.1, 0.15) is 5.82 Å². The lowest BCUT2D eigenvalue weighted by molar-refractivity contribution is -0.137. The fourth-order valence-electron chi connectivity index (χ4n) is 2.81. The number of nitrogens with zero attached hydrogens (tertiary/aromatic N) is 3. The van der Waals surface area contributed by atoms with Crippen molar-refractivity contribution in [3.63, 3.8) is 0 Å². The summed E-state index contributed by atoms with van der Waals surface area (Å²) in [5.41, 5.74) is 0.674. The Balaban J connectivity index is 1.67. The first kappa shape index (κ1) is 17.5. The number of halogens is 4. The predicted octanol–water partition coefficient (Wildman–Crippen LogP) is 5.10. The molecule has 2 heterocycles. The minimum absolute atomic E-state index is 0.0615. The molecular weight excluding hydrogens is 397 g/mol. The molecule has 1 aliphatic rings. The maximum Gasteiger partial charge on any atom is 0.417 e. The van der Waals surface area contributed by atoms with Crippen LogP contribution in [0, 0.1) is 6.57 Å². The van der Waals surface area contributed by atoms with Crippen molar-refractivity contribution >= 4 is 33.1 Å². The Labute approximate surface area is 151 Å². The van der Waals surface area contributed by atoms with Crippen molar-refractivity contribution in [3.8, 4) is 0 Å². The van der Waals surface area contributed by atoms with E-state index in [4.69, 9.17) is 6.57 Å². The van der Waals surface area contributed by atoms with Gasteiger partial charge in [0.25, 0.3) is 0 Å². The molecule has 1 saturated heterocycles. The normalized spacial score (nSPS) is 17.4. The molecule has 2 aromatic rings. The van der Waals surface area contributed by atoms with Gasteiger partial charge in [-0.05, 0) is 36.8 Å². The second-order valence-corrected chi connectivity index (χ2v) is 6.67. The van der Waals surface area contributed by atoms with Crippen LogP contribution in [0.2, 0.25) is 0 Å². The quantitative estimate of drug-likeness (QED) is 0.714. The minimum atomic E-state index is -4.38. The molecule has 0 spiro atoms. The van der Waals surface area contributed by atoms with E-state index in [0.717, 1.165) is 35.4 Å². The minimum Gasteiger partial charge on any atom is -0.378 e. The highest BCUT2D eigenvalue weighted by molar-refractivity contribution is 9.10. The first-order chi connectivity index (χ1) is 11.9. The molecule has 0 saturated carbocycles. The van der Waals surface area contributed by atoms with E-state index in [1.165, 1.54) is 6.07 Å². The fourth-order valence-corrected chi connectivity index (χ4v) is 3.16. The van der Waals surface area contributed by atoms with Crippen LogP contribution in [-0.2, 0) is 6.18 Å². The maximum absolute atomic E-state index is 12.6. The summed E-state index contributed by atoms with van der Waals surface area (Å²) in [7, 11) is 0. The molecule has 25 heavy (non-hydrogen) atoms. The molecule has 0 bridgehead atoms. The van der Waals surface area contributed by atoms with E-state index in [1.807, 2.05) is 12.1 Å². The lowest BCUT2D eigenvalue weighted by Crippen LogP contribution is -2.26. The Bertz CT molecular complexity index is 799. The Morgan fingerprint density at radius 3 is 2.72 bits per heavy atom. The molecule has 1 fully saturated rings. The summed E-state index contributed by atoms with van der Waals surface area (Å²) in [4.78, 5) is 9.50. The zero-order valence-electron chi connectivity index (χ0n) is 13.0. The van der Waals surface area contributed by atoms with Gasteiger partial charge in [0.15, 0.2) is 0 Å². The number of pyridine rings is 1. The van der Waals surface area contributed by atoms with Gasteiger partial charge in [-0.25, -0.2) is 9.83 Å². The largest absolute Gasteiger partial charge is 0.417 e. The molecule has 1 atom stereocenters. The summed E-state index contributed by atoms with van der Waals surface area (Å²) in [5.74, 6) is 0.418. The lowest BCUT2D eigenvalue weighted by Gasteiger charge is -2.21. The van der Waals surface area contributed by atoms with Gasteiger partial charge in [0.2, 0.25) is 5.69 Å². The first-order valence-electron chi connectivity index (χ1n) is 7.58. The molecular formula is C17H14BrF3N4. The van der Waals surface area contributed by atoms with E-state index < -0.39 is 11.7 Å². The van der Waals surface area contributed by atoms with Crippen molar-refractivity contribution in [2.24, 2.45) is 0 Å². The van der Waals surface area contributed by atoms with Gasteiger partial charge in [-0.3, -0.25) is 0 Å². The zero-order valence-corrected chi connectivity index (χ0v) is 14.6. The highest BCUT2D eigenvalue weighted by Gasteiger charge is 2.31. The summed E-state index contributed by atoms with van der Waals surface area (Å²) in [5, 5.41) is 3.16. The van der Waals surface area contributed by atoms with Gasteiger partial charge in [0, 0.05) is 35.5 Å². The summed E-state index contributed by atoms with van der Waals surface area (Å²) in [6, 6.07) is 7.99. The first-order valence-corrected chi connectivity index (χ1v) is 8.38. The molecule has 130 valence electrons. The number of rotatable bonds is 3. The molecule has 0 radical (unpaired) electrons. The van der Waals surface area contributed by atoms with Gasteiger partial charge in [0.05, 0.1) is 12.1 Å². The van der Waals surface area contributed by atoms with Crippen LogP contribution in [0.1, 0.15) is 12.0 Å². The average molecular weight is 411 g/mol. The van der Waals surface area contributed by atoms with Crippen LogP contribution in [0.4, 0.5) is 30.4 Å². The third kappa shape index (κ3) is 4.04. The zero-order chi connectivity index (χ0) is 18.0. The SMILES string of the molecule is [C-]#[N+]c1cc(Br)ccc1N1CC[C@H](Nc2ccc(C(F)(F)F)cn2)C1. The Morgan fingerprint density at radius 1 is 1.28 bits per heavy atom. The molecule has 4 nitrogen and oxygen atoms in total. The number of nitrogens with one attached hydrogen (secondary N) is 1. The van der Waals surface area contributed by atoms with Crippen LogP contribution in [0.15, 0.2) is 41.0 Å². The van der Waals surface area contributed by atoms with Crippen molar-refractivity contribution in [1.82, 2.24) is 4.98 Å². The molecule has 3 rings (SSSR count). The summed E-state index contributed by atoms with van der Waals surface area (Å²) in [6.07, 6.45) is -2.73. The molecule has 1 aromatic heterocycles. The standard InChI is InChI=1S/C17H14BrF3N4/c1-22-14-8-12(18)3-4-15(14)25-7-6-13(10-25)24-16-5-2-11(9-23-16)17(19,20)21/h2-5,8-9,13H,6-7,10H2,(H,23,24)/t13-/m0/s1. The maximum atomic E-state index is 12.6. The van der Waals surface area contributed by atoms with E-state index in [-0.39, 0.29) is 6.04 Å². The van der Waals surface area contributed by atoms with Gasteiger partial charge in [-0.2, -0.15) is 13.2 Å². The molecule has 8 heteroatoms. The van der Waals surface area contributed by atoms with Gasteiger partial charge in [-0.15, -0.1) is 0 Å². The van der Waals surface area contributed by atoms with Crippen LogP contribution in [0.3, 0.4) is 0 Å². The Morgan fingerprint density at radius 2 is 2.08 bits per heavy atom. The third-order valence-electron chi connectivity index (χ3n) is 4.03. The smallest absolute Gasteiger partial charge is 0.378 e. The lowest BCUT2D eigenvalue weighted by atomic mass is 10.2. The number of anilines is 2. The number of hydrogen-bond donors (Lipinski definition) is 1. The van der Waals surface area contributed by atoms with Crippen LogP contribution in [-0.4, -0.2) is 24.1 Å². The highest BCUT2D eigenvalue weighted by Crippen LogP contribution is 2.34. The monoisotopic (exact) mass is 410 g/mol. The number of aromatic nitrogens is 1. The van der Waals surface area contributed by atoms with Crippen LogP contribution in [0.5, 0.6) is 0 Å². The third-order valence-corrected chi connectivity index (χ3v) is 4.52. The fraction of sp³-hybridized carbons (Fsp3) is 0.294. The molecule has 1 aromatic carbocycles. The molecule has 0 unspecified atom stereocenters. The van der Waals surface area contributed by atoms with E-state index in [2.05, 4.69) is 36.0 Å². The second kappa shape index (κ2) is 6.92. The van der Waals surface area contributed by atoms with E-state index in [0.29, 0.717) is 18.1 Å². The molecule has 0 aliphatic carbocycles. The van der Waals surface area contributed by atoms with Crippen LogP contribution >= 0.6 is 15.9 Å². The van der Waals surface area contributed by atoms with Gasteiger partial charge < -0.3 is 10.2 Å². The Hall–Kier alpha value is -2.27. The van der Waals surface area contributed by atoms with Crippen LogP contribution < -0.4 is 10.2 Å². The average Bonchev–Trinajstić information content (AvgIpc) is 3.02. The van der Waals surface area contributed by atoms with Crippen molar-refractivity contribution in [2.75, 3.05) is 23.3 Å². The highest BCUT2D eigenvalue weighted by atomic mass is 79.9. The number of hydrogen-bond acceptors (Lipinski definition) is 3. The number of alkyl halides is 3. The molecule has 0 amide bonds. The summed E-state index contributed by atoms with van der Waals surface area (Å²) in [6.45, 7) is 8.73. The molecule has 1 N–H and O–H groups in total. The topological polar surface area (TPSA) is 32.5 Å². The van der Waals surface area contributed by atoms with Gasteiger partial charge >= 0.3 is 6.18 Å². The van der Waals surface area contributed by atoms with E-state index >= 15 is 0 Å². The van der Waals surface area contributed by atoms with Crippen molar-refractivity contribution in [3.05, 3.63) is 58.0 Å². The van der Waals surface area contributed by atoms with E-state index in [1.54, 1.807) is 6.07 Å². The van der Waals surface area contributed by atoms with Crippen molar-refractivity contribution in [1.29, 1.82) is 0 Å². The second-order valence-electron chi connectivity index (χ2n) is 5.75. The molecule has 1 aliphatic heterocycles. The summed E-state index contributed by atoms with van der Waals surface area (Å²) >= 11 is 3.36. The predicted molar refractivity (Wildman–Crippen MR) is 93.9 cm³/mol. The van der Waals surface area contributed by atoms with Crippen molar-refractivity contribution in [2.45, 2.75) is 18.6 Å². The summed E-state index contributed by atoms with van der Waals surface area (Å²) < 4.78 is 38.6.